The molecule has 1 aromatic carbocycles. The average Bonchev–Trinajstić information content (AvgIpc) is 2.79. The normalized spacial score (nSPS) is 30.6. The number of fused-ring (bicyclic) bond motifs is 1. The highest BCUT2D eigenvalue weighted by molar-refractivity contribution is 5.34. The summed E-state index contributed by atoms with van der Waals surface area (Å²) >= 11 is 0. The fraction of sp³-hybridized carbons (Fsp3) is 0.647. The number of hydrogen-bond donors (Lipinski definition) is 1. The largest absolute Gasteiger partial charge is 0.492 e. The summed E-state index contributed by atoms with van der Waals surface area (Å²) in [6.45, 7) is 5.82. The van der Waals surface area contributed by atoms with E-state index in [0.717, 1.165) is 37.9 Å². The van der Waals surface area contributed by atoms with Crippen molar-refractivity contribution in [2.24, 2.45) is 11.7 Å². The highest BCUT2D eigenvalue weighted by atomic mass is 16.5. The Labute approximate surface area is 122 Å². The Hall–Kier alpha value is -1.06. The van der Waals surface area contributed by atoms with Crippen LogP contribution in [-0.2, 0) is 6.54 Å². The number of rotatable bonds is 3. The maximum Gasteiger partial charge on any atom is 0.123 e. The number of nitrogens with two attached hydrogens (primary N) is 1. The smallest absolute Gasteiger partial charge is 0.123 e. The summed E-state index contributed by atoms with van der Waals surface area (Å²) in [6.07, 6.45) is 5.11. The Bertz CT molecular complexity index is 462. The van der Waals surface area contributed by atoms with E-state index >= 15 is 0 Å². The minimum absolute atomic E-state index is 0.190. The van der Waals surface area contributed by atoms with Gasteiger partial charge in [-0.3, -0.25) is 4.90 Å². The SMILES string of the molecule is CCC1CCCC1(CN)N1CCOc2ccccc2C1. The Balaban J connectivity index is 1.89. The minimum Gasteiger partial charge on any atom is -0.492 e. The van der Waals surface area contributed by atoms with Gasteiger partial charge in [0, 0.05) is 30.7 Å². The zero-order valence-corrected chi connectivity index (χ0v) is 12.5. The van der Waals surface area contributed by atoms with Crippen LogP contribution in [-0.4, -0.2) is 30.1 Å². The predicted molar refractivity (Wildman–Crippen MR) is 81.8 cm³/mol. The zero-order valence-electron chi connectivity index (χ0n) is 12.5. The number of nitrogens with zero attached hydrogens (tertiary/aromatic N) is 1. The van der Waals surface area contributed by atoms with Crippen molar-refractivity contribution in [3.8, 4) is 5.75 Å². The number of hydrogen-bond acceptors (Lipinski definition) is 3. The molecule has 2 aliphatic rings. The Morgan fingerprint density at radius 1 is 1.40 bits per heavy atom. The van der Waals surface area contributed by atoms with Gasteiger partial charge in [-0.15, -0.1) is 0 Å². The lowest BCUT2D eigenvalue weighted by Crippen LogP contribution is -2.56. The summed E-state index contributed by atoms with van der Waals surface area (Å²) < 4.78 is 5.91. The second-order valence-corrected chi connectivity index (χ2v) is 6.18. The van der Waals surface area contributed by atoms with Crippen molar-refractivity contribution >= 4 is 0 Å². The van der Waals surface area contributed by atoms with Gasteiger partial charge in [0.15, 0.2) is 0 Å². The van der Waals surface area contributed by atoms with E-state index < -0.39 is 0 Å². The molecule has 1 fully saturated rings. The molecule has 0 bridgehead atoms. The van der Waals surface area contributed by atoms with Gasteiger partial charge in [-0.1, -0.05) is 38.0 Å². The molecule has 1 aliphatic heterocycles. The number of benzene rings is 1. The topological polar surface area (TPSA) is 38.5 Å². The van der Waals surface area contributed by atoms with Gasteiger partial charge in [0.1, 0.15) is 12.4 Å². The molecule has 0 radical (unpaired) electrons. The van der Waals surface area contributed by atoms with Crippen LogP contribution >= 0.6 is 0 Å². The van der Waals surface area contributed by atoms with Crippen LogP contribution in [0.4, 0.5) is 0 Å². The van der Waals surface area contributed by atoms with Gasteiger partial charge in [0.25, 0.3) is 0 Å². The lowest BCUT2D eigenvalue weighted by molar-refractivity contribution is 0.0435. The maximum atomic E-state index is 6.25. The molecule has 2 unspecified atom stereocenters. The van der Waals surface area contributed by atoms with Crippen molar-refractivity contribution in [1.82, 2.24) is 4.90 Å². The van der Waals surface area contributed by atoms with Crippen molar-refractivity contribution in [3.63, 3.8) is 0 Å². The highest BCUT2D eigenvalue weighted by Gasteiger charge is 2.45. The molecular weight excluding hydrogens is 248 g/mol. The van der Waals surface area contributed by atoms with Gasteiger partial charge >= 0.3 is 0 Å². The minimum atomic E-state index is 0.190. The summed E-state index contributed by atoms with van der Waals surface area (Å²) in [7, 11) is 0. The molecule has 0 spiro atoms. The first-order valence-electron chi connectivity index (χ1n) is 7.96. The quantitative estimate of drug-likeness (QED) is 0.921. The van der Waals surface area contributed by atoms with Crippen LogP contribution in [0.3, 0.4) is 0 Å². The molecule has 3 rings (SSSR count). The molecule has 0 aromatic heterocycles. The molecule has 1 heterocycles. The van der Waals surface area contributed by atoms with Crippen LogP contribution in [0, 0.1) is 5.92 Å². The van der Waals surface area contributed by atoms with Crippen LogP contribution in [0.25, 0.3) is 0 Å². The molecule has 3 nitrogen and oxygen atoms in total. The molecule has 2 atom stereocenters. The van der Waals surface area contributed by atoms with Gasteiger partial charge in [-0.2, -0.15) is 0 Å². The maximum absolute atomic E-state index is 6.25. The van der Waals surface area contributed by atoms with Gasteiger partial charge in [-0.05, 0) is 24.8 Å². The van der Waals surface area contributed by atoms with Crippen molar-refractivity contribution in [2.75, 3.05) is 19.7 Å². The summed E-state index contributed by atoms with van der Waals surface area (Å²) in [5.74, 6) is 1.78. The van der Waals surface area contributed by atoms with Crippen LogP contribution in [0.2, 0.25) is 0 Å². The molecule has 1 aromatic rings. The third kappa shape index (κ3) is 2.23. The van der Waals surface area contributed by atoms with Crippen LogP contribution in [0.1, 0.15) is 38.2 Å². The Morgan fingerprint density at radius 2 is 2.25 bits per heavy atom. The van der Waals surface area contributed by atoms with Crippen molar-refractivity contribution in [3.05, 3.63) is 29.8 Å². The average molecular weight is 274 g/mol. The zero-order chi connectivity index (χ0) is 14.0. The standard InChI is InChI=1S/C17H26N2O/c1-2-15-7-5-9-17(15,13-18)19-10-11-20-16-8-4-3-6-14(16)12-19/h3-4,6,8,15H,2,5,7,9-13,18H2,1H3. The van der Waals surface area contributed by atoms with Gasteiger partial charge in [0.2, 0.25) is 0 Å². The predicted octanol–water partition coefficient (Wildman–Crippen LogP) is 2.79. The van der Waals surface area contributed by atoms with E-state index in [4.69, 9.17) is 10.5 Å². The van der Waals surface area contributed by atoms with E-state index in [0.29, 0.717) is 0 Å². The Morgan fingerprint density at radius 3 is 3.05 bits per heavy atom. The number of para-hydroxylation sites is 1. The molecule has 1 saturated carbocycles. The molecule has 0 saturated heterocycles. The molecule has 110 valence electrons. The molecular formula is C17H26N2O. The van der Waals surface area contributed by atoms with E-state index in [-0.39, 0.29) is 5.54 Å². The number of ether oxygens (including phenoxy) is 1. The molecule has 1 aliphatic carbocycles. The first-order chi connectivity index (χ1) is 9.80. The van der Waals surface area contributed by atoms with E-state index in [2.05, 4.69) is 36.1 Å². The monoisotopic (exact) mass is 274 g/mol. The van der Waals surface area contributed by atoms with Gasteiger partial charge in [0.05, 0.1) is 0 Å². The first-order valence-corrected chi connectivity index (χ1v) is 7.96. The molecule has 20 heavy (non-hydrogen) atoms. The van der Waals surface area contributed by atoms with Crippen LogP contribution in [0.5, 0.6) is 5.75 Å². The summed E-state index contributed by atoms with van der Waals surface area (Å²) in [6, 6.07) is 8.43. The van der Waals surface area contributed by atoms with Crippen molar-refractivity contribution in [1.29, 1.82) is 0 Å². The third-order valence-electron chi connectivity index (χ3n) is 5.35. The molecule has 3 heteroatoms. The second kappa shape index (κ2) is 5.74. The van der Waals surface area contributed by atoms with Gasteiger partial charge in [-0.25, -0.2) is 0 Å². The van der Waals surface area contributed by atoms with Gasteiger partial charge < -0.3 is 10.5 Å². The Kier molecular flexibility index (Phi) is 3.99. The summed E-state index contributed by atoms with van der Waals surface area (Å²) in [4.78, 5) is 2.61. The molecule has 2 N–H and O–H groups in total. The van der Waals surface area contributed by atoms with Crippen molar-refractivity contribution in [2.45, 2.75) is 44.7 Å². The van der Waals surface area contributed by atoms with E-state index in [1.807, 2.05) is 0 Å². The lowest BCUT2D eigenvalue weighted by atomic mass is 9.83. The first kappa shape index (κ1) is 13.9. The lowest BCUT2D eigenvalue weighted by Gasteiger charge is -2.44. The van der Waals surface area contributed by atoms with E-state index in [9.17, 15) is 0 Å². The van der Waals surface area contributed by atoms with E-state index in [1.54, 1.807) is 0 Å². The fourth-order valence-electron chi connectivity index (χ4n) is 4.23. The summed E-state index contributed by atoms with van der Waals surface area (Å²) in [5, 5.41) is 0. The van der Waals surface area contributed by atoms with E-state index in [1.165, 1.54) is 31.2 Å². The molecule has 0 amide bonds. The van der Waals surface area contributed by atoms with Crippen LogP contribution < -0.4 is 10.5 Å². The van der Waals surface area contributed by atoms with Crippen molar-refractivity contribution < 1.29 is 4.74 Å². The second-order valence-electron chi connectivity index (χ2n) is 6.18. The highest BCUT2D eigenvalue weighted by Crippen LogP contribution is 2.43. The third-order valence-corrected chi connectivity index (χ3v) is 5.35. The van der Waals surface area contributed by atoms with Crippen LogP contribution in [0.15, 0.2) is 24.3 Å². The summed E-state index contributed by atoms with van der Waals surface area (Å²) in [5.41, 5.74) is 7.75. The fourth-order valence-corrected chi connectivity index (χ4v) is 4.23.